The fraction of sp³-hybridized carbons (Fsp3) is 0.286. The summed E-state index contributed by atoms with van der Waals surface area (Å²) in [6, 6.07) is 13.1. The Morgan fingerprint density at radius 3 is 2.52 bits per heavy atom. The van der Waals surface area contributed by atoms with Crippen LogP contribution in [0.5, 0.6) is 0 Å². The fourth-order valence-electron chi connectivity index (χ4n) is 2.86. The van der Waals surface area contributed by atoms with Gasteiger partial charge in [-0.2, -0.15) is 4.72 Å². The number of benzene rings is 2. The molecule has 0 fully saturated rings. The van der Waals surface area contributed by atoms with Crippen molar-refractivity contribution in [3.8, 4) is 10.6 Å². The van der Waals surface area contributed by atoms with Gasteiger partial charge in [-0.25, -0.2) is 8.42 Å². The van der Waals surface area contributed by atoms with Gasteiger partial charge in [-0.15, -0.1) is 10.2 Å². The van der Waals surface area contributed by atoms with E-state index in [-0.39, 0.29) is 10.8 Å². The topological polar surface area (TPSA) is 101 Å². The number of nitrogens with one attached hydrogen (secondary N) is 2. The summed E-state index contributed by atoms with van der Waals surface area (Å²) in [4.78, 5) is 13.1. The first-order valence-electron chi connectivity index (χ1n) is 9.69. The highest BCUT2D eigenvalue weighted by atomic mass is 79.9. The van der Waals surface area contributed by atoms with Gasteiger partial charge in [-0.05, 0) is 43.2 Å². The van der Waals surface area contributed by atoms with Crippen molar-refractivity contribution >= 4 is 48.3 Å². The highest BCUT2D eigenvalue weighted by molar-refractivity contribution is 9.10. The number of hydrogen-bond acceptors (Lipinski definition) is 6. The van der Waals surface area contributed by atoms with Crippen molar-refractivity contribution in [2.45, 2.75) is 38.1 Å². The van der Waals surface area contributed by atoms with Crippen LogP contribution < -0.4 is 10.0 Å². The molecule has 0 aliphatic heterocycles. The molecule has 0 aliphatic rings. The summed E-state index contributed by atoms with van der Waals surface area (Å²) in [5, 5.41) is 11.9. The first-order valence-corrected chi connectivity index (χ1v) is 12.8. The quantitative estimate of drug-likeness (QED) is 0.449. The van der Waals surface area contributed by atoms with Crippen molar-refractivity contribution in [2.24, 2.45) is 5.92 Å². The Morgan fingerprint density at radius 2 is 1.87 bits per heavy atom. The second kappa shape index (κ2) is 9.99. The standard InChI is InChI=1S/C21H23BrN4O3S2/c1-4-14(3)18(26-31(28,29)17-10-8-16(22)9-11-17)19(27)23-21-25-24-20(30-21)15-7-5-6-13(2)12-15/h5-12,14,18,26H,4H2,1-3H3,(H,23,25,27). The number of sulfonamides is 1. The lowest BCUT2D eigenvalue weighted by molar-refractivity contribution is -0.118. The normalized spacial score (nSPS) is 13.5. The molecule has 1 amide bonds. The molecule has 0 saturated carbocycles. The van der Waals surface area contributed by atoms with E-state index in [1.54, 1.807) is 12.1 Å². The van der Waals surface area contributed by atoms with Gasteiger partial charge in [0.05, 0.1) is 4.90 Å². The molecular weight excluding hydrogens is 500 g/mol. The van der Waals surface area contributed by atoms with E-state index in [1.165, 1.54) is 23.5 Å². The Hall–Kier alpha value is -2.14. The van der Waals surface area contributed by atoms with Crippen LogP contribution in [0.1, 0.15) is 25.8 Å². The predicted molar refractivity (Wildman–Crippen MR) is 126 cm³/mol. The van der Waals surface area contributed by atoms with Crippen molar-refractivity contribution in [3.63, 3.8) is 0 Å². The van der Waals surface area contributed by atoms with E-state index in [1.807, 2.05) is 45.0 Å². The molecule has 3 aromatic rings. The summed E-state index contributed by atoms with van der Waals surface area (Å²) < 4.78 is 29.0. The monoisotopic (exact) mass is 522 g/mol. The Bertz CT molecular complexity index is 1160. The zero-order valence-electron chi connectivity index (χ0n) is 17.3. The summed E-state index contributed by atoms with van der Waals surface area (Å²) in [5.41, 5.74) is 2.00. The Labute approximate surface area is 194 Å². The molecule has 0 bridgehead atoms. The van der Waals surface area contributed by atoms with E-state index in [2.05, 4.69) is 36.2 Å². The molecule has 0 spiro atoms. The van der Waals surface area contributed by atoms with E-state index in [0.717, 1.165) is 15.6 Å². The minimum atomic E-state index is -3.88. The van der Waals surface area contributed by atoms with E-state index in [0.29, 0.717) is 16.6 Å². The SMILES string of the molecule is CCC(C)C(NS(=O)(=O)c1ccc(Br)cc1)C(=O)Nc1nnc(-c2cccc(C)c2)s1. The maximum absolute atomic E-state index is 13.0. The van der Waals surface area contributed by atoms with Crippen molar-refractivity contribution in [1.82, 2.24) is 14.9 Å². The van der Waals surface area contributed by atoms with Gasteiger partial charge in [-0.3, -0.25) is 10.1 Å². The molecule has 3 rings (SSSR count). The van der Waals surface area contributed by atoms with Crippen LogP contribution in [0, 0.1) is 12.8 Å². The third-order valence-corrected chi connectivity index (χ3v) is 7.70. The Morgan fingerprint density at radius 1 is 1.16 bits per heavy atom. The molecule has 10 heteroatoms. The minimum Gasteiger partial charge on any atom is -0.299 e. The van der Waals surface area contributed by atoms with Crippen LogP contribution in [0.3, 0.4) is 0 Å². The van der Waals surface area contributed by atoms with Crippen LogP contribution in [0.25, 0.3) is 10.6 Å². The molecule has 1 heterocycles. The van der Waals surface area contributed by atoms with Crippen LogP contribution >= 0.6 is 27.3 Å². The van der Waals surface area contributed by atoms with Crippen LogP contribution in [0.15, 0.2) is 57.9 Å². The summed E-state index contributed by atoms with van der Waals surface area (Å²) in [5.74, 6) is -0.698. The van der Waals surface area contributed by atoms with Gasteiger partial charge >= 0.3 is 0 Å². The minimum absolute atomic E-state index is 0.0921. The first kappa shape index (κ1) is 23.5. The van der Waals surface area contributed by atoms with Crippen molar-refractivity contribution in [3.05, 3.63) is 58.6 Å². The molecule has 2 aromatic carbocycles. The number of hydrogen-bond donors (Lipinski definition) is 2. The third kappa shape index (κ3) is 5.97. The molecule has 2 atom stereocenters. The second-order valence-electron chi connectivity index (χ2n) is 7.21. The molecule has 1 aromatic heterocycles. The number of nitrogens with zero attached hydrogens (tertiary/aromatic N) is 2. The number of halogens is 1. The maximum atomic E-state index is 13.0. The average molecular weight is 523 g/mol. The average Bonchev–Trinajstić information content (AvgIpc) is 3.20. The zero-order valence-corrected chi connectivity index (χ0v) is 20.5. The zero-order chi connectivity index (χ0) is 22.6. The predicted octanol–water partition coefficient (Wildman–Crippen LogP) is 4.61. The summed E-state index contributed by atoms with van der Waals surface area (Å²) >= 11 is 4.53. The molecule has 2 unspecified atom stereocenters. The van der Waals surface area contributed by atoms with Crippen LogP contribution in [0.4, 0.5) is 5.13 Å². The number of aryl methyl sites for hydroxylation is 1. The van der Waals surface area contributed by atoms with Crippen LogP contribution in [0.2, 0.25) is 0 Å². The van der Waals surface area contributed by atoms with Gasteiger partial charge in [0, 0.05) is 10.0 Å². The lowest BCUT2D eigenvalue weighted by atomic mass is 9.99. The highest BCUT2D eigenvalue weighted by Crippen LogP contribution is 2.27. The Kier molecular flexibility index (Phi) is 7.58. The number of amides is 1. The van der Waals surface area contributed by atoms with Crippen LogP contribution in [-0.4, -0.2) is 30.6 Å². The van der Waals surface area contributed by atoms with Crippen LogP contribution in [-0.2, 0) is 14.8 Å². The largest absolute Gasteiger partial charge is 0.299 e. The lowest BCUT2D eigenvalue weighted by Crippen LogP contribution is -2.47. The van der Waals surface area contributed by atoms with Gasteiger partial charge in [-0.1, -0.05) is 71.3 Å². The summed E-state index contributed by atoms with van der Waals surface area (Å²) in [6.07, 6.45) is 0.617. The van der Waals surface area contributed by atoms with Crippen molar-refractivity contribution < 1.29 is 13.2 Å². The highest BCUT2D eigenvalue weighted by Gasteiger charge is 2.30. The number of carbonyl (C=O) groups excluding carboxylic acids is 1. The first-order chi connectivity index (χ1) is 14.7. The number of rotatable bonds is 8. The molecular formula is C21H23BrN4O3S2. The van der Waals surface area contributed by atoms with Gasteiger partial charge < -0.3 is 0 Å². The molecule has 0 saturated heterocycles. The smallest absolute Gasteiger partial charge is 0.244 e. The van der Waals surface area contributed by atoms with Gasteiger partial charge in [0.15, 0.2) is 0 Å². The third-order valence-electron chi connectivity index (χ3n) is 4.82. The van der Waals surface area contributed by atoms with E-state index in [9.17, 15) is 13.2 Å². The summed E-state index contributed by atoms with van der Waals surface area (Å²) in [6.45, 7) is 5.72. The maximum Gasteiger partial charge on any atom is 0.244 e. The molecule has 31 heavy (non-hydrogen) atoms. The number of carbonyl (C=O) groups is 1. The number of aromatic nitrogens is 2. The molecule has 2 N–H and O–H groups in total. The number of anilines is 1. The molecule has 7 nitrogen and oxygen atoms in total. The molecule has 0 radical (unpaired) electrons. The van der Waals surface area contributed by atoms with Gasteiger partial charge in [0.25, 0.3) is 0 Å². The molecule has 164 valence electrons. The lowest BCUT2D eigenvalue weighted by Gasteiger charge is -2.22. The second-order valence-corrected chi connectivity index (χ2v) is 10.8. The fourth-order valence-corrected chi connectivity index (χ4v) is 5.18. The van der Waals surface area contributed by atoms with Gasteiger partial charge in [0.2, 0.25) is 21.1 Å². The van der Waals surface area contributed by atoms with Crippen molar-refractivity contribution in [1.29, 1.82) is 0 Å². The summed E-state index contributed by atoms with van der Waals surface area (Å²) in [7, 11) is -3.88. The molecule has 0 aliphatic carbocycles. The van der Waals surface area contributed by atoms with Gasteiger partial charge in [0.1, 0.15) is 11.0 Å². The van der Waals surface area contributed by atoms with E-state index in [4.69, 9.17) is 0 Å². The Balaban J connectivity index is 1.78. The van der Waals surface area contributed by atoms with Crippen molar-refractivity contribution in [2.75, 3.05) is 5.32 Å². The van der Waals surface area contributed by atoms with E-state index >= 15 is 0 Å². The van der Waals surface area contributed by atoms with E-state index < -0.39 is 22.0 Å².